The number of hydrogen-bond acceptors (Lipinski definition) is 3. The molecule has 0 fully saturated rings. The van der Waals surface area contributed by atoms with E-state index in [0.717, 1.165) is 11.1 Å². The van der Waals surface area contributed by atoms with Crippen LogP contribution in [0.4, 0.5) is 0 Å². The van der Waals surface area contributed by atoms with Gasteiger partial charge in [0.05, 0.1) is 6.00 Å². The van der Waals surface area contributed by atoms with Gasteiger partial charge in [-0.25, -0.2) is 0 Å². The molecule has 2 rings (SSSR count). The van der Waals surface area contributed by atoms with Crippen molar-refractivity contribution < 1.29 is 9.59 Å². The number of ketones is 1. The molecular formula is C11H10ClNO2. The topological polar surface area (TPSA) is 37.4 Å². The summed E-state index contributed by atoms with van der Waals surface area (Å²) in [7, 11) is 0. The van der Waals surface area contributed by atoms with Crippen LogP contribution < -0.4 is 0 Å². The number of carbonyl (C=O) groups is 2. The third-order valence-corrected chi connectivity index (χ3v) is 2.93. The van der Waals surface area contributed by atoms with Crippen LogP contribution in [0.15, 0.2) is 24.3 Å². The minimum absolute atomic E-state index is 0.249. The summed E-state index contributed by atoms with van der Waals surface area (Å²) in [5.74, 6) is -0.430. The van der Waals surface area contributed by atoms with Crippen LogP contribution in [0.1, 0.15) is 17.2 Å². The lowest BCUT2D eigenvalue weighted by molar-refractivity contribution is -0.133. The van der Waals surface area contributed by atoms with E-state index in [1.807, 2.05) is 24.3 Å². The molecule has 1 atom stereocenters. The summed E-state index contributed by atoms with van der Waals surface area (Å²) in [5.41, 5.74) is 1.97. The van der Waals surface area contributed by atoms with Crippen molar-refractivity contribution in [2.75, 3.05) is 6.00 Å². The summed E-state index contributed by atoms with van der Waals surface area (Å²) in [6.45, 7) is 0.629. The summed E-state index contributed by atoms with van der Waals surface area (Å²) < 4.78 is 0. The number of hydrogen-bond donors (Lipinski definition) is 0. The van der Waals surface area contributed by atoms with E-state index in [4.69, 9.17) is 11.6 Å². The number of Topliss-reactive ketones (excluding diaryl/α,β-unsaturated/α-hetero) is 1. The summed E-state index contributed by atoms with van der Waals surface area (Å²) in [6.07, 6.45) is 0.367. The van der Waals surface area contributed by atoms with Gasteiger partial charge in [0.2, 0.25) is 5.78 Å². The first-order valence-electron chi connectivity index (χ1n) is 4.64. The van der Waals surface area contributed by atoms with E-state index < -0.39 is 11.8 Å². The molecule has 1 aliphatic rings. The van der Waals surface area contributed by atoms with Crippen LogP contribution in [0.2, 0.25) is 0 Å². The Morgan fingerprint density at radius 3 is 2.93 bits per heavy atom. The van der Waals surface area contributed by atoms with Crippen molar-refractivity contribution >= 4 is 23.7 Å². The minimum Gasteiger partial charge on any atom is -0.295 e. The number of aldehydes is 1. The number of alkyl halides is 1. The maximum Gasteiger partial charge on any atom is 0.216 e. The molecule has 0 spiro atoms. The second-order valence-corrected chi connectivity index (χ2v) is 3.73. The van der Waals surface area contributed by atoms with E-state index in [2.05, 4.69) is 0 Å². The largest absolute Gasteiger partial charge is 0.295 e. The molecule has 78 valence electrons. The highest BCUT2D eigenvalue weighted by Crippen LogP contribution is 2.33. The number of benzene rings is 1. The van der Waals surface area contributed by atoms with E-state index in [-0.39, 0.29) is 6.00 Å². The predicted octanol–water partition coefficient (Wildman–Crippen LogP) is 1.51. The van der Waals surface area contributed by atoms with Crippen LogP contribution in [0, 0.1) is 0 Å². The van der Waals surface area contributed by atoms with Crippen molar-refractivity contribution in [1.29, 1.82) is 0 Å². The van der Waals surface area contributed by atoms with Crippen LogP contribution in [-0.2, 0) is 16.1 Å². The van der Waals surface area contributed by atoms with Gasteiger partial charge in [-0.05, 0) is 11.1 Å². The Bertz CT molecular complexity index is 405. The Morgan fingerprint density at radius 1 is 1.53 bits per heavy atom. The van der Waals surface area contributed by atoms with Gasteiger partial charge < -0.3 is 0 Å². The fourth-order valence-electron chi connectivity index (χ4n) is 1.96. The van der Waals surface area contributed by atoms with E-state index >= 15 is 0 Å². The van der Waals surface area contributed by atoms with Crippen molar-refractivity contribution in [3.8, 4) is 0 Å². The molecule has 0 aliphatic carbocycles. The highest BCUT2D eigenvalue weighted by molar-refractivity contribution is 6.28. The van der Waals surface area contributed by atoms with Crippen LogP contribution >= 0.6 is 11.6 Å². The molecule has 1 unspecified atom stereocenters. The molecule has 0 saturated carbocycles. The number of rotatable bonds is 3. The molecule has 0 bridgehead atoms. The van der Waals surface area contributed by atoms with Gasteiger partial charge in [0.15, 0.2) is 6.29 Å². The lowest BCUT2D eigenvalue weighted by Gasteiger charge is -2.18. The zero-order chi connectivity index (χ0) is 10.8. The lowest BCUT2D eigenvalue weighted by Crippen LogP contribution is -2.27. The van der Waals surface area contributed by atoms with Crippen LogP contribution in [0.25, 0.3) is 0 Å². The lowest BCUT2D eigenvalue weighted by atomic mass is 10.0. The van der Waals surface area contributed by atoms with E-state index in [9.17, 15) is 9.59 Å². The average Bonchev–Trinajstić information content (AvgIpc) is 2.66. The Kier molecular flexibility index (Phi) is 2.84. The fraction of sp³-hybridized carbons (Fsp3) is 0.273. The monoisotopic (exact) mass is 223 g/mol. The summed E-state index contributed by atoms with van der Waals surface area (Å²) >= 11 is 5.75. The maximum atomic E-state index is 11.5. The van der Waals surface area contributed by atoms with Crippen LogP contribution in [0.3, 0.4) is 0 Å². The minimum atomic E-state index is -0.490. The van der Waals surface area contributed by atoms with Gasteiger partial charge in [-0.3, -0.25) is 14.5 Å². The zero-order valence-corrected chi connectivity index (χ0v) is 8.78. The summed E-state index contributed by atoms with van der Waals surface area (Å²) in [5, 5.41) is 0. The van der Waals surface area contributed by atoms with E-state index in [1.54, 1.807) is 4.90 Å². The van der Waals surface area contributed by atoms with E-state index in [0.29, 0.717) is 12.8 Å². The molecule has 1 aliphatic heterocycles. The number of carbonyl (C=O) groups excluding carboxylic acids is 2. The molecule has 0 aromatic heterocycles. The van der Waals surface area contributed by atoms with Gasteiger partial charge in [-0.15, -0.1) is 11.6 Å². The van der Waals surface area contributed by atoms with Crippen molar-refractivity contribution in [3.63, 3.8) is 0 Å². The molecule has 1 aromatic rings. The predicted molar refractivity (Wildman–Crippen MR) is 56.5 cm³/mol. The zero-order valence-electron chi connectivity index (χ0n) is 8.02. The molecule has 1 aromatic carbocycles. The Hall–Kier alpha value is -1.19. The second-order valence-electron chi connectivity index (χ2n) is 3.49. The van der Waals surface area contributed by atoms with Crippen molar-refractivity contribution in [2.24, 2.45) is 0 Å². The molecule has 4 heteroatoms. The maximum absolute atomic E-state index is 11.5. The van der Waals surface area contributed by atoms with E-state index in [1.165, 1.54) is 0 Å². The van der Waals surface area contributed by atoms with Crippen LogP contribution in [0.5, 0.6) is 0 Å². The standard InChI is InChI=1S/C11H10ClNO2/c12-7-13-5-8-3-1-2-4-9(8)11(13)10(15)6-14/h1-4,6,11H,5,7H2. The molecular weight excluding hydrogens is 214 g/mol. The normalized spacial score (nSPS) is 19.9. The SMILES string of the molecule is O=CC(=O)C1c2ccccc2CN1CCl. The van der Waals surface area contributed by atoms with Crippen molar-refractivity contribution in [3.05, 3.63) is 35.4 Å². The highest BCUT2D eigenvalue weighted by atomic mass is 35.5. The third-order valence-electron chi connectivity index (χ3n) is 2.63. The van der Waals surface area contributed by atoms with Gasteiger partial charge in [-0.2, -0.15) is 0 Å². The van der Waals surface area contributed by atoms with Gasteiger partial charge in [0.1, 0.15) is 6.04 Å². The molecule has 0 saturated heterocycles. The number of halogens is 1. The first-order valence-corrected chi connectivity index (χ1v) is 5.18. The smallest absolute Gasteiger partial charge is 0.216 e. The summed E-state index contributed by atoms with van der Waals surface area (Å²) in [6, 6.07) is 7.36. The molecule has 0 amide bonds. The first-order chi connectivity index (χ1) is 7.27. The van der Waals surface area contributed by atoms with Gasteiger partial charge >= 0.3 is 0 Å². The molecule has 0 radical (unpaired) electrons. The Morgan fingerprint density at radius 2 is 2.27 bits per heavy atom. The molecule has 1 heterocycles. The second kappa shape index (κ2) is 4.13. The molecule has 3 nitrogen and oxygen atoms in total. The molecule has 15 heavy (non-hydrogen) atoms. The molecule has 0 N–H and O–H groups in total. The number of fused-ring (bicyclic) bond motifs is 1. The van der Waals surface area contributed by atoms with Crippen LogP contribution in [-0.4, -0.2) is 23.0 Å². The average molecular weight is 224 g/mol. The van der Waals surface area contributed by atoms with Gasteiger partial charge in [0.25, 0.3) is 0 Å². The van der Waals surface area contributed by atoms with Crippen molar-refractivity contribution in [2.45, 2.75) is 12.6 Å². The third kappa shape index (κ3) is 1.68. The van der Waals surface area contributed by atoms with Gasteiger partial charge in [0, 0.05) is 6.54 Å². The summed E-state index contributed by atoms with van der Waals surface area (Å²) in [4.78, 5) is 23.8. The fourth-order valence-corrected chi connectivity index (χ4v) is 2.18. The highest BCUT2D eigenvalue weighted by Gasteiger charge is 2.34. The van der Waals surface area contributed by atoms with Gasteiger partial charge in [-0.1, -0.05) is 24.3 Å². The number of nitrogens with zero attached hydrogens (tertiary/aromatic N) is 1. The quantitative estimate of drug-likeness (QED) is 0.337. The Labute approximate surface area is 92.6 Å². The van der Waals surface area contributed by atoms with Crippen molar-refractivity contribution in [1.82, 2.24) is 4.90 Å². The first kappa shape index (κ1) is 10.3. The Balaban J connectivity index is 2.42.